The summed E-state index contributed by atoms with van der Waals surface area (Å²) >= 11 is 6.27. The highest BCUT2D eigenvalue weighted by Crippen LogP contribution is 2.34. The van der Waals surface area contributed by atoms with Gasteiger partial charge in [0.2, 0.25) is 5.91 Å². The Morgan fingerprint density at radius 1 is 1.00 bits per heavy atom. The number of amides is 1. The van der Waals surface area contributed by atoms with Crippen LogP contribution in [0.4, 0.5) is 18.9 Å². The van der Waals surface area contributed by atoms with Gasteiger partial charge < -0.3 is 5.32 Å². The van der Waals surface area contributed by atoms with E-state index in [0.717, 1.165) is 12.6 Å². The minimum Gasteiger partial charge on any atom is -0.326 e. The summed E-state index contributed by atoms with van der Waals surface area (Å²) in [5.41, 5.74) is 2.33. The quantitative estimate of drug-likeness (QED) is 0.228. The Bertz CT molecular complexity index is 1940. The molecule has 0 fully saturated rings. The van der Waals surface area contributed by atoms with Crippen molar-refractivity contribution < 1.29 is 18.0 Å². The number of benzene rings is 2. The van der Waals surface area contributed by atoms with Crippen LogP contribution in [0.15, 0.2) is 78.1 Å². The van der Waals surface area contributed by atoms with Crippen molar-refractivity contribution in [3.63, 3.8) is 0 Å². The number of carbonyl (C=O) groups excluding carboxylic acids is 1. The molecule has 4 heterocycles. The van der Waals surface area contributed by atoms with E-state index in [1.807, 2.05) is 6.92 Å². The molecular formula is C32H27ClF3N7O2. The second kappa shape index (κ2) is 12.6. The molecule has 0 spiro atoms. The molecule has 1 aliphatic heterocycles. The average molecular weight is 634 g/mol. The number of alkyl halides is 2. The summed E-state index contributed by atoms with van der Waals surface area (Å²) in [5.74, 6) is -0.552. The van der Waals surface area contributed by atoms with Gasteiger partial charge in [0.1, 0.15) is 11.5 Å². The molecule has 1 aliphatic rings. The topological polar surface area (TPSA) is 108 Å². The first kappa shape index (κ1) is 30.2. The Morgan fingerprint density at radius 2 is 1.84 bits per heavy atom. The fourth-order valence-electron chi connectivity index (χ4n) is 5.57. The maximum Gasteiger partial charge on any atom is 0.283 e. The lowest BCUT2D eigenvalue weighted by molar-refractivity contribution is -0.117. The predicted molar refractivity (Wildman–Crippen MR) is 163 cm³/mol. The second-order valence-electron chi connectivity index (χ2n) is 11.0. The van der Waals surface area contributed by atoms with Crippen LogP contribution in [0.1, 0.15) is 56.5 Å². The number of nitrogens with zero attached hydrogens (tertiary/aromatic N) is 6. The maximum atomic E-state index is 14.4. The molecule has 230 valence electrons. The number of anilines is 1. The van der Waals surface area contributed by atoms with E-state index in [4.69, 9.17) is 11.6 Å². The third-order valence-electron chi connectivity index (χ3n) is 7.79. The number of hydrogen-bond acceptors (Lipinski definition) is 6. The number of fused-ring (bicyclic) bond motifs is 4. The van der Waals surface area contributed by atoms with Gasteiger partial charge >= 0.3 is 0 Å². The van der Waals surface area contributed by atoms with E-state index < -0.39 is 24.0 Å². The van der Waals surface area contributed by atoms with Crippen molar-refractivity contribution in [2.45, 2.75) is 45.1 Å². The van der Waals surface area contributed by atoms with Crippen LogP contribution in [0, 0.1) is 11.7 Å². The van der Waals surface area contributed by atoms with E-state index in [1.54, 1.807) is 36.5 Å². The van der Waals surface area contributed by atoms with Gasteiger partial charge in [-0.2, -0.15) is 0 Å². The summed E-state index contributed by atoms with van der Waals surface area (Å²) in [7, 11) is 0. The van der Waals surface area contributed by atoms with Gasteiger partial charge in [-0.05, 0) is 66.4 Å². The number of pyridine rings is 1. The van der Waals surface area contributed by atoms with Gasteiger partial charge in [0, 0.05) is 40.5 Å². The number of hydrogen-bond donors (Lipinski definition) is 1. The van der Waals surface area contributed by atoms with E-state index in [2.05, 4.69) is 25.6 Å². The maximum absolute atomic E-state index is 14.4. The minimum absolute atomic E-state index is 0.0622. The molecule has 2 atom stereocenters. The number of halogens is 4. The standard InChI is InChI=1S/C32H27ClF3N7O2/c1-18-3-2-4-29(26-12-19(9-10-37-26)22-14-21(34)6-7-24(22)39-30(44)11-18)42-17-38-25(15-31(42)45)23-13-20(33)5-8-28(23)43-16-27(32(35)36)40-41-43/h5-10,12-18,29,32H,2-4,11H2,1H3,(H,39,44). The van der Waals surface area contributed by atoms with Gasteiger partial charge in [-0.15, -0.1) is 5.10 Å². The molecule has 45 heavy (non-hydrogen) atoms. The zero-order valence-electron chi connectivity index (χ0n) is 24.0. The Hall–Kier alpha value is -4.84. The van der Waals surface area contributed by atoms with Crippen LogP contribution in [0.3, 0.4) is 0 Å². The third kappa shape index (κ3) is 6.51. The largest absolute Gasteiger partial charge is 0.326 e. The van der Waals surface area contributed by atoms with Crippen LogP contribution in [-0.4, -0.2) is 35.4 Å². The van der Waals surface area contributed by atoms with Crippen LogP contribution >= 0.6 is 11.6 Å². The van der Waals surface area contributed by atoms with Crippen molar-refractivity contribution in [1.29, 1.82) is 0 Å². The molecule has 0 aliphatic carbocycles. The number of rotatable bonds is 4. The van der Waals surface area contributed by atoms with Crippen molar-refractivity contribution in [3.8, 4) is 28.1 Å². The molecule has 9 nitrogen and oxygen atoms in total. The predicted octanol–water partition coefficient (Wildman–Crippen LogP) is 7.02. The minimum atomic E-state index is -2.80. The molecule has 0 saturated heterocycles. The molecule has 5 aromatic rings. The molecule has 0 radical (unpaired) electrons. The first-order chi connectivity index (χ1) is 21.7. The van der Waals surface area contributed by atoms with E-state index in [-0.39, 0.29) is 23.1 Å². The zero-order valence-corrected chi connectivity index (χ0v) is 24.8. The van der Waals surface area contributed by atoms with E-state index >= 15 is 0 Å². The highest BCUT2D eigenvalue weighted by Gasteiger charge is 2.22. The lowest BCUT2D eigenvalue weighted by Gasteiger charge is -2.21. The Labute approximate surface area is 260 Å². The Balaban J connectivity index is 1.42. The van der Waals surface area contributed by atoms with Crippen molar-refractivity contribution in [2.24, 2.45) is 5.92 Å². The van der Waals surface area contributed by atoms with Crippen LogP contribution < -0.4 is 10.9 Å². The second-order valence-corrected chi connectivity index (χ2v) is 11.5. The first-order valence-corrected chi connectivity index (χ1v) is 14.7. The van der Waals surface area contributed by atoms with Crippen LogP contribution in [-0.2, 0) is 4.79 Å². The van der Waals surface area contributed by atoms with E-state index in [1.165, 1.54) is 39.8 Å². The number of nitrogens with one attached hydrogen (secondary N) is 1. The number of aromatic nitrogens is 6. The van der Waals surface area contributed by atoms with Gasteiger partial charge in [0.05, 0.1) is 35.6 Å². The summed E-state index contributed by atoms with van der Waals surface area (Å²) < 4.78 is 43.4. The molecule has 1 amide bonds. The summed E-state index contributed by atoms with van der Waals surface area (Å²) in [5, 5.41) is 10.6. The molecule has 3 aromatic heterocycles. The molecule has 2 unspecified atom stereocenters. The van der Waals surface area contributed by atoms with Crippen molar-refractivity contribution in [3.05, 3.63) is 106 Å². The van der Waals surface area contributed by atoms with E-state index in [0.29, 0.717) is 58.0 Å². The van der Waals surface area contributed by atoms with Crippen molar-refractivity contribution in [1.82, 2.24) is 29.5 Å². The molecule has 2 bridgehead atoms. The lowest BCUT2D eigenvalue weighted by atomic mass is 9.96. The summed E-state index contributed by atoms with van der Waals surface area (Å²) in [4.78, 5) is 35.7. The van der Waals surface area contributed by atoms with Crippen LogP contribution in [0.25, 0.3) is 28.1 Å². The highest BCUT2D eigenvalue weighted by atomic mass is 35.5. The fourth-order valence-corrected chi connectivity index (χ4v) is 5.74. The molecule has 2 aromatic carbocycles. The van der Waals surface area contributed by atoms with Crippen molar-refractivity contribution in [2.75, 3.05) is 5.32 Å². The van der Waals surface area contributed by atoms with Crippen molar-refractivity contribution >= 4 is 23.2 Å². The molecule has 6 rings (SSSR count). The van der Waals surface area contributed by atoms with E-state index in [9.17, 15) is 22.8 Å². The fraction of sp³-hybridized carbons (Fsp3) is 0.250. The molecular weight excluding hydrogens is 607 g/mol. The lowest BCUT2D eigenvalue weighted by Crippen LogP contribution is -2.26. The van der Waals surface area contributed by atoms with Crippen LogP contribution in [0.5, 0.6) is 0 Å². The summed E-state index contributed by atoms with van der Waals surface area (Å²) in [6, 6.07) is 13.3. The van der Waals surface area contributed by atoms with Gasteiger partial charge in [0.15, 0.2) is 0 Å². The summed E-state index contributed by atoms with van der Waals surface area (Å²) in [6.07, 6.45) is 3.56. The Kier molecular flexibility index (Phi) is 8.48. The van der Waals surface area contributed by atoms with Gasteiger partial charge in [0.25, 0.3) is 12.0 Å². The molecule has 0 saturated carbocycles. The normalized spacial score (nSPS) is 17.2. The molecule has 13 heteroatoms. The SMILES string of the molecule is CC1CCCC(n2cnc(-c3cc(Cl)ccc3-n3cc(C(F)F)nn3)cc2=O)c2cc(ccn2)-c2cc(F)ccc2NC(=O)C1. The number of carbonyl (C=O) groups is 1. The zero-order chi connectivity index (χ0) is 31.7. The van der Waals surface area contributed by atoms with Gasteiger partial charge in [-0.1, -0.05) is 36.6 Å². The summed E-state index contributed by atoms with van der Waals surface area (Å²) in [6.45, 7) is 1.99. The highest BCUT2D eigenvalue weighted by molar-refractivity contribution is 6.31. The average Bonchev–Trinajstić information content (AvgIpc) is 3.51. The van der Waals surface area contributed by atoms with Crippen LogP contribution in [0.2, 0.25) is 5.02 Å². The molecule has 1 N–H and O–H groups in total. The third-order valence-corrected chi connectivity index (χ3v) is 8.02. The Morgan fingerprint density at radius 3 is 2.62 bits per heavy atom. The van der Waals surface area contributed by atoms with Gasteiger partial charge in [-0.3, -0.25) is 19.1 Å². The smallest absolute Gasteiger partial charge is 0.283 e. The monoisotopic (exact) mass is 633 g/mol. The van der Waals surface area contributed by atoms with Gasteiger partial charge in [-0.25, -0.2) is 22.8 Å². The first-order valence-electron chi connectivity index (χ1n) is 14.3.